The first-order valence-corrected chi connectivity index (χ1v) is 5.59. The highest BCUT2D eigenvalue weighted by Crippen LogP contribution is 2.32. The molecule has 0 aromatic rings. The Balaban J connectivity index is 1.96. The summed E-state index contributed by atoms with van der Waals surface area (Å²) in [5.74, 6) is 0.873. The molecule has 1 unspecified atom stereocenters. The first kappa shape index (κ1) is 12.0. The molecule has 0 bridgehead atoms. The molecule has 0 aromatic heterocycles. The Kier molecular flexibility index (Phi) is 6.15. The van der Waals surface area contributed by atoms with Crippen molar-refractivity contribution in [3.05, 3.63) is 0 Å². The van der Waals surface area contributed by atoms with Gasteiger partial charge in [0.1, 0.15) is 0 Å². The van der Waals surface area contributed by atoms with Gasteiger partial charge in [-0.05, 0) is 38.1 Å². The third kappa shape index (κ3) is 4.94. The number of ether oxygens (including phenoxy) is 2. The van der Waals surface area contributed by atoms with Crippen molar-refractivity contribution in [2.75, 3.05) is 34.0 Å². The maximum atomic E-state index is 5.20. The van der Waals surface area contributed by atoms with Crippen molar-refractivity contribution in [3.8, 4) is 0 Å². The average molecular weight is 201 g/mol. The van der Waals surface area contributed by atoms with Crippen molar-refractivity contribution in [1.29, 1.82) is 0 Å². The number of nitrogens with one attached hydrogen (secondary N) is 1. The van der Waals surface area contributed by atoms with Crippen LogP contribution < -0.4 is 5.32 Å². The molecule has 0 saturated heterocycles. The highest BCUT2D eigenvalue weighted by molar-refractivity contribution is 4.86. The molecular formula is C11H23NO2. The van der Waals surface area contributed by atoms with Gasteiger partial charge in [0.15, 0.2) is 0 Å². The SMILES string of the molecule is COCCCCNC(COC)C1CC1. The van der Waals surface area contributed by atoms with E-state index in [0.717, 1.165) is 32.1 Å². The Bertz CT molecular complexity index is 137. The second-order valence-corrected chi connectivity index (χ2v) is 4.05. The van der Waals surface area contributed by atoms with E-state index in [1.807, 2.05) is 0 Å². The Labute approximate surface area is 87.2 Å². The van der Waals surface area contributed by atoms with Crippen molar-refractivity contribution < 1.29 is 9.47 Å². The molecule has 0 aromatic carbocycles. The van der Waals surface area contributed by atoms with Crippen LogP contribution in [0.4, 0.5) is 0 Å². The topological polar surface area (TPSA) is 30.5 Å². The summed E-state index contributed by atoms with van der Waals surface area (Å²) < 4.78 is 10.2. The largest absolute Gasteiger partial charge is 0.385 e. The third-order valence-electron chi connectivity index (χ3n) is 2.72. The van der Waals surface area contributed by atoms with Gasteiger partial charge in [-0.15, -0.1) is 0 Å². The highest BCUT2D eigenvalue weighted by atomic mass is 16.5. The fourth-order valence-electron chi connectivity index (χ4n) is 1.70. The van der Waals surface area contributed by atoms with E-state index < -0.39 is 0 Å². The summed E-state index contributed by atoms with van der Waals surface area (Å²) in [5.41, 5.74) is 0. The minimum absolute atomic E-state index is 0.586. The van der Waals surface area contributed by atoms with Gasteiger partial charge in [0.25, 0.3) is 0 Å². The smallest absolute Gasteiger partial charge is 0.0618 e. The number of hydrogen-bond acceptors (Lipinski definition) is 3. The van der Waals surface area contributed by atoms with Crippen molar-refractivity contribution >= 4 is 0 Å². The minimum atomic E-state index is 0.586. The molecule has 1 aliphatic rings. The van der Waals surface area contributed by atoms with Crippen LogP contribution in [0.1, 0.15) is 25.7 Å². The predicted octanol–water partition coefficient (Wildman–Crippen LogP) is 1.43. The lowest BCUT2D eigenvalue weighted by Gasteiger charge is -2.16. The standard InChI is InChI=1S/C11H23NO2/c1-13-8-4-3-7-12-11(9-14-2)10-5-6-10/h10-12H,3-9H2,1-2H3. The van der Waals surface area contributed by atoms with Crippen molar-refractivity contribution in [1.82, 2.24) is 5.32 Å². The number of unbranched alkanes of at least 4 members (excludes halogenated alkanes) is 1. The second-order valence-electron chi connectivity index (χ2n) is 4.05. The Hall–Kier alpha value is -0.120. The van der Waals surface area contributed by atoms with Crippen LogP contribution in [-0.4, -0.2) is 40.0 Å². The summed E-state index contributed by atoms with van der Waals surface area (Å²) in [5, 5.41) is 3.56. The van der Waals surface area contributed by atoms with E-state index in [2.05, 4.69) is 5.32 Å². The average Bonchev–Trinajstić information content (AvgIpc) is 2.99. The fraction of sp³-hybridized carbons (Fsp3) is 1.00. The Morgan fingerprint density at radius 3 is 2.57 bits per heavy atom. The quantitative estimate of drug-likeness (QED) is 0.572. The van der Waals surface area contributed by atoms with Gasteiger partial charge in [0, 0.05) is 26.9 Å². The van der Waals surface area contributed by atoms with Crippen molar-refractivity contribution in [2.24, 2.45) is 5.92 Å². The zero-order valence-electron chi connectivity index (χ0n) is 9.42. The molecule has 3 heteroatoms. The minimum Gasteiger partial charge on any atom is -0.385 e. The summed E-state index contributed by atoms with van der Waals surface area (Å²) in [6.45, 7) is 2.82. The second kappa shape index (κ2) is 7.21. The van der Waals surface area contributed by atoms with Crippen LogP contribution in [0.5, 0.6) is 0 Å². The van der Waals surface area contributed by atoms with Crippen LogP contribution in [0.3, 0.4) is 0 Å². The maximum Gasteiger partial charge on any atom is 0.0618 e. The highest BCUT2D eigenvalue weighted by Gasteiger charge is 2.30. The molecule has 3 nitrogen and oxygen atoms in total. The van der Waals surface area contributed by atoms with Gasteiger partial charge in [-0.3, -0.25) is 0 Å². The van der Waals surface area contributed by atoms with E-state index in [9.17, 15) is 0 Å². The van der Waals surface area contributed by atoms with Crippen LogP contribution in [0.15, 0.2) is 0 Å². The maximum absolute atomic E-state index is 5.20. The molecule has 1 saturated carbocycles. The monoisotopic (exact) mass is 201 g/mol. The number of methoxy groups -OCH3 is 2. The molecule has 14 heavy (non-hydrogen) atoms. The molecule has 1 fully saturated rings. The van der Waals surface area contributed by atoms with Gasteiger partial charge >= 0.3 is 0 Å². The summed E-state index contributed by atoms with van der Waals surface area (Å²) in [4.78, 5) is 0. The Morgan fingerprint density at radius 1 is 1.21 bits per heavy atom. The molecule has 84 valence electrons. The lowest BCUT2D eigenvalue weighted by atomic mass is 10.2. The van der Waals surface area contributed by atoms with E-state index in [-0.39, 0.29) is 0 Å². The molecule has 0 aliphatic heterocycles. The molecule has 1 aliphatic carbocycles. The van der Waals surface area contributed by atoms with Gasteiger partial charge < -0.3 is 14.8 Å². The molecule has 1 atom stereocenters. The first-order valence-electron chi connectivity index (χ1n) is 5.59. The van der Waals surface area contributed by atoms with E-state index in [1.165, 1.54) is 19.3 Å². The van der Waals surface area contributed by atoms with Crippen LogP contribution >= 0.6 is 0 Å². The lowest BCUT2D eigenvalue weighted by Crippen LogP contribution is -2.35. The number of rotatable bonds is 9. The van der Waals surface area contributed by atoms with Crippen LogP contribution in [-0.2, 0) is 9.47 Å². The molecule has 0 heterocycles. The third-order valence-corrected chi connectivity index (χ3v) is 2.72. The molecule has 0 spiro atoms. The van der Waals surface area contributed by atoms with Crippen LogP contribution in [0.25, 0.3) is 0 Å². The molecule has 1 rings (SSSR count). The normalized spacial score (nSPS) is 18.4. The van der Waals surface area contributed by atoms with E-state index >= 15 is 0 Å². The predicted molar refractivity (Wildman–Crippen MR) is 57.5 cm³/mol. The van der Waals surface area contributed by atoms with Crippen molar-refractivity contribution in [2.45, 2.75) is 31.7 Å². The van der Waals surface area contributed by atoms with E-state index in [0.29, 0.717) is 6.04 Å². The first-order chi connectivity index (χ1) is 6.88. The Morgan fingerprint density at radius 2 is 2.00 bits per heavy atom. The lowest BCUT2D eigenvalue weighted by molar-refractivity contribution is 0.155. The van der Waals surface area contributed by atoms with Crippen molar-refractivity contribution in [3.63, 3.8) is 0 Å². The van der Waals surface area contributed by atoms with Gasteiger partial charge in [0.05, 0.1) is 6.61 Å². The number of hydrogen-bond donors (Lipinski definition) is 1. The molecular weight excluding hydrogens is 178 g/mol. The van der Waals surface area contributed by atoms with Gasteiger partial charge in [-0.25, -0.2) is 0 Å². The van der Waals surface area contributed by atoms with Crippen LogP contribution in [0, 0.1) is 5.92 Å². The summed E-state index contributed by atoms with van der Waals surface area (Å²) in [7, 11) is 3.54. The van der Waals surface area contributed by atoms with Gasteiger partial charge in [-0.2, -0.15) is 0 Å². The molecule has 1 N–H and O–H groups in total. The van der Waals surface area contributed by atoms with E-state index in [4.69, 9.17) is 9.47 Å². The fourth-order valence-corrected chi connectivity index (χ4v) is 1.70. The van der Waals surface area contributed by atoms with Gasteiger partial charge in [-0.1, -0.05) is 0 Å². The zero-order valence-corrected chi connectivity index (χ0v) is 9.42. The molecule has 0 radical (unpaired) electrons. The van der Waals surface area contributed by atoms with Crippen LogP contribution in [0.2, 0.25) is 0 Å². The van der Waals surface area contributed by atoms with Gasteiger partial charge in [0.2, 0.25) is 0 Å². The molecule has 0 amide bonds. The summed E-state index contributed by atoms with van der Waals surface area (Å²) >= 11 is 0. The summed E-state index contributed by atoms with van der Waals surface area (Å²) in [6, 6.07) is 0.586. The van der Waals surface area contributed by atoms with E-state index in [1.54, 1.807) is 14.2 Å². The zero-order chi connectivity index (χ0) is 10.2. The summed E-state index contributed by atoms with van der Waals surface area (Å²) in [6.07, 6.45) is 5.09.